The summed E-state index contributed by atoms with van der Waals surface area (Å²) < 4.78 is 13.5. The monoisotopic (exact) mass is 1050 g/mol. The Balaban J connectivity index is 0.782. The Hall–Kier alpha value is -11.2. The summed E-state index contributed by atoms with van der Waals surface area (Å²) in [5.74, 6) is 1.29. The van der Waals surface area contributed by atoms with Crippen molar-refractivity contribution in [2.75, 3.05) is 0 Å². The zero-order valence-corrected chi connectivity index (χ0v) is 43.9. The molecule has 0 N–H and O–H groups in total. The number of benzene rings is 10. The van der Waals surface area contributed by atoms with Crippen molar-refractivity contribution in [2.24, 2.45) is 0 Å². The molecule has 0 aliphatic rings. The number of pyridine rings is 2. The second kappa shape index (κ2) is 19.3. The molecule has 0 unspecified atom stereocenters. The van der Waals surface area contributed by atoms with Gasteiger partial charge in [-0.2, -0.15) is 0 Å². The van der Waals surface area contributed by atoms with E-state index in [0.717, 1.165) is 155 Å². The van der Waals surface area contributed by atoms with Gasteiger partial charge in [0.1, 0.15) is 22.2 Å². The van der Waals surface area contributed by atoms with E-state index in [2.05, 4.69) is 158 Å². The van der Waals surface area contributed by atoms with Gasteiger partial charge in [0.05, 0.1) is 39.2 Å². The lowest BCUT2D eigenvalue weighted by Crippen LogP contribution is -1.96. The van der Waals surface area contributed by atoms with Gasteiger partial charge in [-0.1, -0.05) is 218 Å². The zero-order chi connectivity index (χ0) is 54.1. The molecule has 0 atom stereocenters. The molecule has 8 heteroatoms. The van der Waals surface area contributed by atoms with E-state index >= 15 is 0 Å². The quantitative estimate of drug-likeness (QED) is 0.141. The minimum atomic E-state index is 0.614. The fourth-order valence-corrected chi connectivity index (χ4v) is 11.6. The fourth-order valence-electron chi connectivity index (χ4n) is 11.6. The normalized spacial score (nSPS) is 11.7. The van der Waals surface area contributed by atoms with Crippen LogP contribution in [-0.4, -0.2) is 29.9 Å². The Bertz CT molecular complexity index is 5080. The van der Waals surface area contributed by atoms with Gasteiger partial charge in [-0.25, -0.2) is 29.9 Å². The van der Waals surface area contributed by atoms with E-state index < -0.39 is 0 Å². The van der Waals surface area contributed by atoms with Crippen LogP contribution in [0.2, 0.25) is 0 Å². The van der Waals surface area contributed by atoms with Crippen LogP contribution >= 0.6 is 0 Å². The Kier molecular flexibility index (Phi) is 11.0. The lowest BCUT2D eigenvalue weighted by atomic mass is 9.96. The highest BCUT2D eigenvalue weighted by atomic mass is 16.3. The summed E-state index contributed by atoms with van der Waals surface area (Å²) in [4.78, 5) is 31.1. The molecule has 0 radical (unpaired) electrons. The molecule has 0 saturated carbocycles. The van der Waals surface area contributed by atoms with E-state index in [1.807, 2.05) is 109 Å². The second-order valence-electron chi connectivity index (χ2n) is 20.5. The predicted molar refractivity (Wildman–Crippen MR) is 332 cm³/mol. The van der Waals surface area contributed by atoms with Crippen LogP contribution in [0.25, 0.3) is 167 Å². The van der Waals surface area contributed by atoms with E-state index in [1.165, 1.54) is 0 Å². The third-order valence-corrected chi connectivity index (χ3v) is 15.5. The van der Waals surface area contributed by atoms with Gasteiger partial charge in [0.15, 0.2) is 22.8 Å². The maximum atomic E-state index is 6.94. The van der Waals surface area contributed by atoms with Crippen LogP contribution in [0.5, 0.6) is 0 Å². The van der Waals surface area contributed by atoms with E-state index in [4.69, 9.17) is 38.7 Å². The van der Waals surface area contributed by atoms with Gasteiger partial charge in [0.2, 0.25) is 0 Å². The van der Waals surface area contributed by atoms with Gasteiger partial charge in [-0.05, 0) is 70.8 Å². The number of hydrogen-bond acceptors (Lipinski definition) is 8. The first-order valence-electron chi connectivity index (χ1n) is 27.3. The lowest BCUT2D eigenvalue weighted by molar-refractivity contribution is 0.669. The maximum absolute atomic E-state index is 6.94. The molecule has 0 bridgehead atoms. The highest BCUT2D eigenvalue weighted by molar-refractivity contribution is 6.19. The first kappa shape index (κ1) is 46.8. The SMILES string of the molecule is c1ccc(-c2cc(-c3ccc(-c4c5ccccc5nc5c4oc4cccc(-c6ccc(-c7cc(-c8ccccc8)nc(-c8cccc(-c9c%10ccccc%10nc%10c9oc9ccccc9%10)c8)n7)cc6)c45)cc3)nc(-c3ccccc3)n2)cc1. The summed E-state index contributed by atoms with van der Waals surface area (Å²) in [6, 6.07) is 91.4. The first-order valence-corrected chi connectivity index (χ1v) is 27.3. The number of furan rings is 2. The highest BCUT2D eigenvalue weighted by Gasteiger charge is 2.23. The van der Waals surface area contributed by atoms with Crippen LogP contribution in [0.1, 0.15) is 0 Å². The van der Waals surface area contributed by atoms with Gasteiger partial charge >= 0.3 is 0 Å². The fraction of sp³-hybridized carbons (Fsp3) is 0. The maximum Gasteiger partial charge on any atom is 0.162 e. The van der Waals surface area contributed by atoms with Crippen LogP contribution in [-0.2, 0) is 0 Å². The molecule has 0 aliphatic heterocycles. The van der Waals surface area contributed by atoms with Gasteiger partial charge in [0.25, 0.3) is 0 Å². The molecule has 16 aromatic rings. The van der Waals surface area contributed by atoms with Crippen molar-refractivity contribution in [1.82, 2.24) is 29.9 Å². The average molecular weight is 1050 g/mol. The summed E-state index contributed by atoms with van der Waals surface area (Å²) in [5.41, 5.74) is 21.6. The Morgan fingerprint density at radius 3 is 1.26 bits per heavy atom. The number of fused-ring (bicyclic) bond motifs is 8. The molecule has 0 spiro atoms. The Morgan fingerprint density at radius 1 is 0.244 bits per heavy atom. The topological polar surface area (TPSA) is 104 Å². The molecule has 82 heavy (non-hydrogen) atoms. The standard InChI is InChI=1S/C74H44N6O2/c1-4-18-46(19-5-1)60-43-62(78-73(77-60)51-22-8-3-9-23-51)49-38-40-50(41-39-49)66-55-26-10-14-31-59(55)76-70-68-54(29-17-33-65(68)82-72(66)70)45-34-36-48(37-35-45)63-44-61(47-20-6-2-7-21-47)79-74(80-63)53-25-16-24-52(42-53)67-56-27-11-13-30-58(56)75-69-57-28-12-15-32-64(57)81-71(67)69/h1-44H. The van der Waals surface area contributed by atoms with E-state index in [1.54, 1.807) is 0 Å². The minimum Gasteiger partial charge on any atom is -0.454 e. The molecule has 382 valence electrons. The number of hydrogen-bond donors (Lipinski definition) is 0. The smallest absolute Gasteiger partial charge is 0.162 e. The van der Waals surface area contributed by atoms with Crippen LogP contribution < -0.4 is 0 Å². The van der Waals surface area contributed by atoms with Crippen LogP contribution in [0, 0.1) is 0 Å². The molecule has 0 aliphatic carbocycles. The second-order valence-corrected chi connectivity index (χ2v) is 20.5. The van der Waals surface area contributed by atoms with E-state index in [9.17, 15) is 0 Å². The summed E-state index contributed by atoms with van der Waals surface area (Å²) in [6.45, 7) is 0. The molecule has 8 nitrogen and oxygen atoms in total. The average Bonchev–Trinajstić information content (AvgIpc) is 4.33. The van der Waals surface area contributed by atoms with Gasteiger partial charge in [0, 0.05) is 60.7 Å². The van der Waals surface area contributed by atoms with Crippen molar-refractivity contribution in [2.45, 2.75) is 0 Å². The van der Waals surface area contributed by atoms with E-state index in [0.29, 0.717) is 11.6 Å². The summed E-state index contributed by atoms with van der Waals surface area (Å²) in [7, 11) is 0. The van der Waals surface area contributed by atoms with Crippen molar-refractivity contribution in [3.8, 4) is 101 Å². The van der Waals surface area contributed by atoms with Gasteiger partial charge < -0.3 is 8.83 Å². The molecular formula is C74H44N6O2. The van der Waals surface area contributed by atoms with Crippen molar-refractivity contribution in [1.29, 1.82) is 0 Å². The van der Waals surface area contributed by atoms with Gasteiger partial charge in [-0.3, -0.25) is 0 Å². The molecule has 0 fully saturated rings. The van der Waals surface area contributed by atoms with E-state index in [-0.39, 0.29) is 0 Å². The Labute approximate surface area is 470 Å². The van der Waals surface area contributed by atoms with Crippen LogP contribution in [0.4, 0.5) is 0 Å². The van der Waals surface area contributed by atoms with Gasteiger partial charge in [-0.15, -0.1) is 0 Å². The largest absolute Gasteiger partial charge is 0.454 e. The number of nitrogens with zero attached hydrogens (tertiary/aromatic N) is 6. The summed E-state index contributed by atoms with van der Waals surface area (Å²) >= 11 is 0. The zero-order valence-electron chi connectivity index (χ0n) is 43.9. The minimum absolute atomic E-state index is 0.614. The third kappa shape index (κ3) is 8.08. The number of rotatable bonds is 9. The summed E-state index contributed by atoms with van der Waals surface area (Å²) in [5, 5.41) is 3.96. The molecule has 0 saturated heterocycles. The van der Waals surface area contributed by atoms with Crippen LogP contribution in [0.15, 0.2) is 276 Å². The van der Waals surface area contributed by atoms with Crippen molar-refractivity contribution >= 4 is 65.9 Å². The lowest BCUT2D eigenvalue weighted by Gasteiger charge is -2.12. The highest BCUT2D eigenvalue weighted by Crippen LogP contribution is 2.45. The van der Waals surface area contributed by atoms with Crippen molar-refractivity contribution in [3.63, 3.8) is 0 Å². The first-order chi connectivity index (χ1) is 40.6. The molecule has 10 aromatic carbocycles. The van der Waals surface area contributed by atoms with Crippen molar-refractivity contribution in [3.05, 3.63) is 267 Å². The molecule has 16 rings (SSSR count). The predicted octanol–water partition coefficient (Wildman–Crippen LogP) is 19.2. The number of para-hydroxylation sites is 3. The molecule has 6 aromatic heterocycles. The molecular weight excluding hydrogens is 1000 g/mol. The summed E-state index contributed by atoms with van der Waals surface area (Å²) in [6.07, 6.45) is 0. The molecule has 0 amide bonds. The number of aromatic nitrogens is 6. The third-order valence-electron chi connectivity index (χ3n) is 15.5. The van der Waals surface area contributed by atoms with Crippen molar-refractivity contribution < 1.29 is 8.83 Å². The Morgan fingerprint density at radius 2 is 0.646 bits per heavy atom. The molecule has 6 heterocycles. The van der Waals surface area contributed by atoms with Crippen LogP contribution in [0.3, 0.4) is 0 Å².